The summed E-state index contributed by atoms with van der Waals surface area (Å²) in [7, 11) is 0. The molecule has 5 heteroatoms. The van der Waals surface area contributed by atoms with Crippen molar-refractivity contribution in [2.45, 2.75) is 64.9 Å². The van der Waals surface area contributed by atoms with E-state index < -0.39 is 0 Å². The smallest absolute Gasteiger partial charge is 0.223 e. The molecule has 0 radical (unpaired) electrons. The predicted octanol–water partition coefficient (Wildman–Crippen LogP) is 3.02. The van der Waals surface area contributed by atoms with E-state index in [9.17, 15) is 0 Å². The first-order valence-electron chi connectivity index (χ1n) is 7.62. The molecule has 5 nitrogen and oxygen atoms in total. The number of hydrogen-bond donors (Lipinski definition) is 1. The van der Waals surface area contributed by atoms with Crippen LogP contribution in [0.15, 0.2) is 0 Å². The fourth-order valence-corrected chi connectivity index (χ4v) is 2.81. The number of ether oxygens (including phenoxy) is 1. The minimum atomic E-state index is -0.373. The van der Waals surface area contributed by atoms with Crippen LogP contribution in [0.4, 0.5) is 5.95 Å². The van der Waals surface area contributed by atoms with Gasteiger partial charge in [-0.3, -0.25) is 0 Å². The predicted molar refractivity (Wildman–Crippen MR) is 79.3 cm³/mol. The van der Waals surface area contributed by atoms with Crippen LogP contribution in [-0.2, 0) is 10.3 Å². The molecule has 1 heterocycles. The van der Waals surface area contributed by atoms with E-state index in [4.69, 9.17) is 10.5 Å². The Morgan fingerprint density at radius 3 is 2.45 bits per heavy atom. The zero-order valence-corrected chi connectivity index (χ0v) is 13.0. The molecule has 0 amide bonds. The van der Waals surface area contributed by atoms with E-state index in [1.54, 1.807) is 0 Å². The molecule has 1 aromatic heterocycles. The maximum atomic E-state index is 6.09. The van der Waals surface area contributed by atoms with Crippen LogP contribution in [0.25, 0.3) is 0 Å². The molecule has 0 spiro atoms. The van der Waals surface area contributed by atoms with Gasteiger partial charge < -0.3 is 10.5 Å². The second-order valence-electron chi connectivity index (χ2n) is 6.14. The SMILES string of the molecule is CCOC1(c2nc(N)nc(C(C)C)n2)CCC(C)CC1. The van der Waals surface area contributed by atoms with E-state index in [0.717, 1.165) is 43.3 Å². The molecule has 0 bridgehead atoms. The average molecular weight is 278 g/mol. The third-order valence-corrected chi connectivity index (χ3v) is 4.10. The number of nitrogen functional groups attached to an aromatic ring is 1. The number of anilines is 1. The topological polar surface area (TPSA) is 73.9 Å². The summed E-state index contributed by atoms with van der Waals surface area (Å²) in [5.74, 6) is 2.76. The van der Waals surface area contributed by atoms with E-state index in [1.807, 2.05) is 6.92 Å². The monoisotopic (exact) mass is 278 g/mol. The highest BCUT2D eigenvalue weighted by molar-refractivity contribution is 5.20. The summed E-state index contributed by atoms with van der Waals surface area (Å²) >= 11 is 0. The van der Waals surface area contributed by atoms with Crippen molar-refractivity contribution in [3.05, 3.63) is 11.6 Å². The van der Waals surface area contributed by atoms with Gasteiger partial charge in [0.2, 0.25) is 5.95 Å². The summed E-state index contributed by atoms with van der Waals surface area (Å²) in [6.45, 7) is 9.10. The van der Waals surface area contributed by atoms with E-state index in [1.165, 1.54) is 0 Å². The number of aromatic nitrogens is 3. The Hall–Kier alpha value is -1.23. The first-order valence-corrected chi connectivity index (χ1v) is 7.62. The normalized spacial score (nSPS) is 26.9. The largest absolute Gasteiger partial charge is 0.368 e. The highest BCUT2D eigenvalue weighted by Crippen LogP contribution is 2.41. The number of rotatable bonds is 4. The van der Waals surface area contributed by atoms with Crippen molar-refractivity contribution in [1.29, 1.82) is 0 Å². The van der Waals surface area contributed by atoms with Crippen LogP contribution in [0.1, 0.15) is 70.9 Å². The summed E-state index contributed by atoms with van der Waals surface area (Å²) in [5, 5.41) is 0. The highest BCUT2D eigenvalue weighted by Gasteiger charge is 2.39. The van der Waals surface area contributed by atoms with Crippen molar-refractivity contribution >= 4 is 5.95 Å². The maximum absolute atomic E-state index is 6.09. The molecule has 2 rings (SSSR count). The van der Waals surface area contributed by atoms with Gasteiger partial charge in [-0.05, 0) is 38.5 Å². The Morgan fingerprint density at radius 1 is 1.25 bits per heavy atom. The van der Waals surface area contributed by atoms with Crippen LogP contribution >= 0.6 is 0 Å². The van der Waals surface area contributed by atoms with E-state index in [0.29, 0.717) is 12.6 Å². The molecule has 20 heavy (non-hydrogen) atoms. The summed E-state index contributed by atoms with van der Waals surface area (Å²) in [5.41, 5.74) is 5.50. The van der Waals surface area contributed by atoms with Crippen LogP contribution < -0.4 is 5.73 Å². The zero-order chi connectivity index (χ0) is 14.8. The average Bonchev–Trinajstić information content (AvgIpc) is 2.41. The first-order chi connectivity index (χ1) is 9.47. The van der Waals surface area contributed by atoms with Crippen LogP contribution in [0.2, 0.25) is 0 Å². The number of hydrogen-bond acceptors (Lipinski definition) is 5. The zero-order valence-electron chi connectivity index (χ0n) is 13.0. The Bertz CT molecular complexity index is 453. The van der Waals surface area contributed by atoms with E-state index in [-0.39, 0.29) is 11.5 Å². The van der Waals surface area contributed by atoms with Gasteiger partial charge in [0, 0.05) is 12.5 Å². The number of nitrogens with two attached hydrogens (primary N) is 1. The van der Waals surface area contributed by atoms with Crippen molar-refractivity contribution in [1.82, 2.24) is 15.0 Å². The Kier molecular flexibility index (Phi) is 4.58. The minimum Gasteiger partial charge on any atom is -0.368 e. The molecule has 0 aromatic carbocycles. The molecule has 2 N–H and O–H groups in total. The van der Waals surface area contributed by atoms with Crippen LogP contribution in [-0.4, -0.2) is 21.6 Å². The van der Waals surface area contributed by atoms with E-state index >= 15 is 0 Å². The van der Waals surface area contributed by atoms with Crippen molar-refractivity contribution in [2.24, 2.45) is 5.92 Å². The van der Waals surface area contributed by atoms with Gasteiger partial charge in [-0.25, -0.2) is 4.98 Å². The lowest BCUT2D eigenvalue weighted by Gasteiger charge is -2.37. The molecule has 1 aliphatic rings. The quantitative estimate of drug-likeness (QED) is 0.916. The second-order valence-corrected chi connectivity index (χ2v) is 6.14. The Labute approximate surface area is 121 Å². The van der Waals surface area contributed by atoms with Gasteiger partial charge >= 0.3 is 0 Å². The van der Waals surface area contributed by atoms with Crippen LogP contribution in [0.3, 0.4) is 0 Å². The van der Waals surface area contributed by atoms with Gasteiger partial charge in [-0.2, -0.15) is 9.97 Å². The van der Waals surface area contributed by atoms with E-state index in [2.05, 4.69) is 35.7 Å². The fraction of sp³-hybridized carbons (Fsp3) is 0.800. The molecule has 0 saturated heterocycles. The van der Waals surface area contributed by atoms with Gasteiger partial charge in [0.05, 0.1) is 0 Å². The van der Waals surface area contributed by atoms with Crippen molar-refractivity contribution in [3.63, 3.8) is 0 Å². The molecule has 112 valence electrons. The Balaban J connectivity index is 2.38. The van der Waals surface area contributed by atoms with Gasteiger partial charge in [-0.1, -0.05) is 20.8 Å². The molecule has 0 atom stereocenters. The first kappa shape index (κ1) is 15.2. The molecule has 1 aromatic rings. The summed E-state index contributed by atoms with van der Waals surface area (Å²) in [4.78, 5) is 13.3. The molecule has 1 saturated carbocycles. The van der Waals surface area contributed by atoms with Crippen LogP contribution in [0.5, 0.6) is 0 Å². The summed E-state index contributed by atoms with van der Waals surface area (Å²) < 4.78 is 6.09. The summed E-state index contributed by atoms with van der Waals surface area (Å²) in [6.07, 6.45) is 4.21. The third kappa shape index (κ3) is 3.08. The lowest BCUT2D eigenvalue weighted by Crippen LogP contribution is -2.37. The third-order valence-electron chi connectivity index (χ3n) is 4.10. The van der Waals surface area contributed by atoms with Crippen LogP contribution in [0, 0.1) is 5.92 Å². The Morgan fingerprint density at radius 2 is 1.90 bits per heavy atom. The van der Waals surface area contributed by atoms with Gasteiger partial charge in [0.15, 0.2) is 5.82 Å². The highest BCUT2D eigenvalue weighted by atomic mass is 16.5. The lowest BCUT2D eigenvalue weighted by atomic mass is 9.79. The summed E-state index contributed by atoms with van der Waals surface area (Å²) in [6, 6.07) is 0. The van der Waals surface area contributed by atoms with Gasteiger partial charge in [0.25, 0.3) is 0 Å². The lowest BCUT2D eigenvalue weighted by molar-refractivity contribution is -0.0839. The maximum Gasteiger partial charge on any atom is 0.223 e. The molecular formula is C15H26N4O. The molecule has 1 fully saturated rings. The molecule has 0 unspecified atom stereocenters. The molecule has 1 aliphatic carbocycles. The van der Waals surface area contributed by atoms with Crippen molar-refractivity contribution in [2.75, 3.05) is 12.3 Å². The van der Waals surface area contributed by atoms with Crippen molar-refractivity contribution < 1.29 is 4.74 Å². The second kappa shape index (κ2) is 6.04. The molecule has 0 aliphatic heterocycles. The van der Waals surface area contributed by atoms with Crippen molar-refractivity contribution in [3.8, 4) is 0 Å². The standard InChI is InChI=1S/C15H26N4O/c1-5-20-15(8-6-11(4)7-9-15)13-17-12(10(2)3)18-14(16)19-13/h10-11H,5-9H2,1-4H3,(H2,16,17,18,19). The fourth-order valence-electron chi connectivity index (χ4n) is 2.81. The van der Waals surface area contributed by atoms with Gasteiger partial charge in [0.1, 0.15) is 11.4 Å². The minimum absolute atomic E-state index is 0.236. The number of nitrogens with zero attached hydrogens (tertiary/aromatic N) is 3. The van der Waals surface area contributed by atoms with Gasteiger partial charge in [-0.15, -0.1) is 0 Å². The molecular weight excluding hydrogens is 252 g/mol.